The molecule has 2 heterocycles. The zero-order valence-corrected chi connectivity index (χ0v) is 16.0. The minimum absolute atomic E-state index is 0.230. The molecular formula is C20H25N5O2. The Kier molecular flexibility index (Phi) is 5.90. The Balaban J connectivity index is 1.71. The lowest BCUT2D eigenvalue weighted by atomic mass is 10.2. The molecule has 2 aromatic rings. The second kappa shape index (κ2) is 8.53. The van der Waals surface area contributed by atoms with E-state index in [1.807, 2.05) is 43.3 Å². The topological polar surface area (TPSA) is 70.6 Å². The van der Waals surface area contributed by atoms with Crippen LogP contribution in [0.1, 0.15) is 18.4 Å². The van der Waals surface area contributed by atoms with Gasteiger partial charge in [-0.1, -0.05) is 12.1 Å². The fourth-order valence-corrected chi connectivity index (χ4v) is 2.92. The molecule has 0 unspecified atom stereocenters. The third-order valence-electron chi connectivity index (χ3n) is 4.37. The van der Waals surface area contributed by atoms with Gasteiger partial charge in [-0.25, -0.2) is 4.98 Å². The first-order chi connectivity index (χ1) is 13.1. The summed E-state index contributed by atoms with van der Waals surface area (Å²) in [6.07, 6.45) is 7.25. The number of carbonyl (C=O) groups excluding carboxylic acids is 1. The monoisotopic (exact) mass is 367 g/mol. The maximum Gasteiger partial charge on any atom is 0.248 e. The Morgan fingerprint density at radius 2 is 1.93 bits per heavy atom. The maximum atomic E-state index is 12.3. The van der Waals surface area contributed by atoms with Gasteiger partial charge in [0, 0.05) is 33.3 Å². The first kappa shape index (κ1) is 18.7. The molecule has 0 spiro atoms. The SMILES string of the molecule is COc1ccc(/C=C/C(=O)Nc2cnc(N3CCCC3)nc2N(C)C)cc1. The number of carbonyl (C=O) groups is 1. The summed E-state index contributed by atoms with van der Waals surface area (Å²) in [7, 11) is 5.43. The summed E-state index contributed by atoms with van der Waals surface area (Å²) in [5.41, 5.74) is 1.51. The average molecular weight is 367 g/mol. The molecule has 0 atom stereocenters. The number of rotatable bonds is 6. The molecule has 7 nitrogen and oxygen atoms in total. The van der Waals surface area contributed by atoms with Crippen LogP contribution in [0.2, 0.25) is 0 Å². The van der Waals surface area contributed by atoms with Crippen LogP contribution in [0.4, 0.5) is 17.5 Å². The van der Waals surface area contributed by atoms with Gasteiger partial charge in [-0.2, -0.15) is 4.98 Å². The van der Waals surface area contributed by atoms with Crippen LogP contribution in [0.5, 0.6) is 5.75 Å². The average Bonchev–Trinajstić information content (AvgIpc) is 3.21. The van der Waals surface area contributed by atoms with E-state index >= 15 is 0 Å². The molecule has 0 aliphatic carbocycles. The highest BCUT2D eigenvalue weighted by Crippen LogP contribution is 2.25. The molecule has 1 fully saturated rings. The van der Waals surface area contributed by atoms with Crippen LogP contribution in [0, 0.1) is 0 Å². The van der Waals surface area contributed by atoms with Crippen molar-refractivity contribution in [2.75, 3.05) is 49.4 Å². The summed E-state index contributed by atoms with van der Waals surface area (Å²) in [5.74, 6) is 1.95. The number of aromatic nitrogens is 2. The van der Waals surface area contributed by atoms with E-state index in [9.17, 15) is 4.79 Å². The van der Waals surface area contributed by atoms with Crippen molar-refractivity contribution in [3.05, 3.63) is 42.1 Å². The molecule has 3 rings (SSSR count). The zero-order valence-electron chi connectivity index (χ0n) is 16.0. The highest BCUT2D eigenvalue weighted by molar-refractivity contribution is 6.03. The number of amides is 1. The van der Waals surface area contributed by atoms with Crippen molar-refractivity contribution in [3.63, 3.8) is 0 Å². The van der Waals surface area contributed by atoms with Crippen molar-refractivity contribution in [3.8, 4) is 5.75 Å². The van der Waals surface area contributed by atoms with E-state index in [0.717, 1.165) is 37.2 Å². The summed E-state index contributed by atoms with van der Waals surface area (Å²) >= 11 is 0. The van der Waals surface area contributed by atoms with Crippen LogP contribution in [0.25, 0.3) is 6.08 Å². The van der Waals surface area contributed by atoms with E-state index in [0.29, 0.717) is 17.5 Å². The van der Waals surface area contributed by atoms with Gasteiger partial charge in [-0.15, -0.1) is 0 Å². The molecule has 1 aliphatic rings. The molecule has 1 N–H and O–H groups in total. The van der Waals surface area contributed by atoms with Gasteiger partial charge in [0.1, 0.15) is 11.4 Å². The molecule has 0 bridgehead atoms. The fourth-order valence-electron chi connectivity index (χ4n) is 2.92. The number of anilines is 3. The Morgan fingerprint density at radius 1 is 1.22 bits per heavy atom. The number of hydrogen-bond donors (Lipinski definition) is 1. The minimum Gasteiger partial charge on any atom is -0.497 e. The van der Waals surface area contributed by atoms with Crippen molar-refractivity contribution < 1.29 is 9.53 Å². The number of ether oxygens (including phenoxy) is 1. The van der Waals surface area contributed by atoms with Gasteiger partial charge >= 0.3 is 0 Å². The molecule has 0 saturated carbocycles. The Labute approximate surface area is 159 Å². The third kappa shape index (κ3) is 4.75. The van der Waals surface area contributed by atoms with Crippen molar-refractivity contribution in [1.29, 1.82) is 0 Å². The lowest BCUT2D eigenvalue weighted by Gasteiger charge is -2.20. The Hall–Kier alpha value is -3.09. The molecule has 1 amide bonds. The van der Waals surface area contributed by atoms with E-state index < -0.39 is 0 Å². The van der Waals surface area contributed by atoms with E-state index in [4.69, 9.17) is 4.74 Å². The van der Waals surface area contributed by atoms with Crippen LogP contribution < -0.4 is 19.9 Å². The van der Waals surface area contributed by atoms with Gasteiger partial charge in [0.05, 0.1) is 13.3 Å². The summed E-state index contributed by atoms with van der Waals surface area (Å²) in [6.45, 7) is 1.95. The van der Waals surface area contributed by atoms with Gasteiger partial charge in [0.15, 0.2) is 5.82 Å². The highest BCUT2D eigenvalue weighted by Gasteiger charge is 2.18. The second-order valence-electron chi connectivity index (χ2n) is 6.59. The van der Waals surface area contributed by atoms with Crippen LogP contribution in [-0.4, -0.2) is 50.2 Å². The molecule has 1 aliphatic heterocycles. The molecular weight excluding hydrogens is 342 g/mol. The van der Waals surface area contributed by atoms with E-state index in [1.54, 1.807) is 19.4 Å². The maximum absolute atomic E-state index is 12.3. The second-order valence-corrected chi connectivity index (χ2v) is 6.59. The molecule has 27 heavy (non-hydrogen) atoms. The molecule has 142 valence electrons. The van der Waals surface area contributed by atoms with E-state index in [1.165, 1.54) is 6.08 Å². The first-order valence-corrected chi connectivity index (χ1v) is 8.99. The number of hydrogen-bond acceptors (Lipinski definition) is 6. The van der Waals surface area contributed by atoms with Crippen molar-refractivity contribution in [1.82, 2.24) is 9.97 Å². The predicted molar refractivity (Wildman–Crippen MR) is 108 cm³/mol. The van der Waals surface area contributed by atoms with Crippen molar-refractivity contribution in [2.45, 2.75) is 12.8 Å². The molecule has 1 aromatic carbocycles. The quantitative estimate of drug-likeness (QED) is 0.792. The van der Waals surface area contributed by atoms with Gasteiger partial charge < -0.3 is 19.9 Å². The number of nitrogens with zero attached hydrogens (tertiary/aromatic N) is 4. The molecule has 7 heteroatoms. The van der Waals surface area contributed by atoms with E-state index in [-0.39, 0.29) is 5.91 Å². The molecule has 1 saturated heterocycles. The summed E-state index contributed by atoms with van der Waals surface area (Å²) in [6, 6.07) is 7.49. The smallest absolute Gasteiger partial charge is 0.248 e. The number of nitrogens with one attached hydrogen (secondary N) is 1. The van der Waals surface area contributed by atoms with Gasteiger partial charge in [-0.05, 0) is 36.6 Å². The van der Waals surface area contributed by atoms with Crippen molar-refractivity contribution >= 4 is 29.4 Å². The minimum atomic E-state index is -0.230. The highest BCUT2D eigenvalue weighted by atomic mass is 16.5. The Morgan fingerprint density at radius 3 is 2.56 bits per heavy atom. The lowest BCUT2D eigenvalue weighted by Crippen LogP contribution is -2.23. The standard InChI is InChI=1S/C20H25N5O2/c1-24(2)19-17(14-21-20(23-19)25-12-4-5-13-25)22-18(26)11-8-15-6-9-16(27-3)10-7-15/h6-11,14H,4-5,12-13H2,1-3H3,(H,22,26)/b11-8+. The fraction of sp³-hybridized carbons (Fsp3) is 0.350. The van der Waals surface area contributed by atoms with E-state index in [2.05, 4.69) is 20.2 Å². The summed E-state index contributed by atoms with van der Waals surface area (Å²) in [4.78, 5) is 25.4. The van der Waals surface area contributed by atoms with Gasteiger partial charge in [-0.3, -0.25) is 4.79 Å². The molecule has 1 aromatic heterocycles. The third-order valence-corrected chi connectivity index (χ3v) is 4.37. The van der Waals surface area contributed by atoms with Crippen LogP contribution in [0.15, 0.2) is 36.5 Å². The van der Waals surface area contributed by atoms with Crippen LogP contribution in [0.3, 0.4) is 0 Å². The number of methoxy groups -OCH3 is 1. The van der Waals surface area contributed by atoms with Crippen molar-refractivity contribution in [2.24, 2.45) is 0 Å². The van der Waals surface area contributed by atoms with Crippen LogP contribution >= 0.6 is 0 Å². The Bertz CT molecular complexity index is 812. The number of benzene rings is 1. The van der Waals surface area contributed by atoms with Gasteiger partial charge in [0.25, 0.3) is 0 Å². The molecule has 0 radical (unpaired) electrons. The lowest BCUT2D eigenvalue weighted by molar-refractivity contribution is -0.111. The summed E-state index contributed by atoms with van der Waals surface area (Å²) < 4.78 is 5.13. The predicted octanol–water partition coefficient (Wildman–Crippen LogP) is 2.80. The normalized spacial score (nSPS) is 13.8. The van der Waals surface area contributed by atoms with Crippen LogP contribution in [-0.2, 0) is 4.79 Å². The zero-order chi connectivity index (χ0) is 19.2. The first-order valence-electron chi connectivity index (χ1n) is 8.99. The van der Waals surface area contributed by atoms with Gasteiger partial charge in [0.2, 0.25) is 11.9 Å². The summed E-state index contributed by atoms with van der Waals surface area (Å²) in [5, 5.41) is 2.87. The largest absolute Gasteiger partial charge is 0.497 e.